The zero-order valence-electron chi connectivity index (χ0n) is 30.6. The summed E-state index contributed by atoms with van der Waals surface area (Å²) in [4.78, 5) is 0. The molecule has 55 heavy (non-hydrogen) atoms. The molecule has 0 radical (unpaired) electrons. The van der Waals surface area contributed by atoms with Gasteiger partial charge in [-0.15, -0.1) is 0 Å². The normalized spacial score (nSPS) is 23.7. The lowest BCUT2D eigenvalue weighted by molar-refractivity contribution is -0.0418. The van der Waals surface area contributed by atoms with Crippen molar-refractivity contribution < 1.29 is 0 Å². The molecule has 0 N–H and O–H groups in total. The summed E-state index contributed by atoms with van der Waals surface area (Å²) in [6.45, 7) is 0. The minimum atomic E-state index is 0.0110. The minimum Gasteiger partial charge on any atom is -0.309 e. The summed E-state index contributed by atoms with van der Waals surface area (Å²) < 4.78 is 7.72. The van der Waals surface area contributed by atoms with Gasteiger partial charge in [0.05, 0.1) is 38.8 Å². The zero-order valence-corrected chi connectivity index (χ0v) is 30.6. The van der Waals surface area contributed by atoms with E-state index in [9.17, 15) is 0 Å². The molecule has 3 nitrogen and oxygen atoms in total. The smallest absolute Gasteiger partial charge is 0.0584 e. The van der Waals surface area contributed by atoms with E-state index in [1.807, 2.05) is 0 Å². The molecule has 4 heterocycles. The van der Waals surface area contributed by atoms with E-state index in [0.717, 1.165) is 11.8 Å². The molecule has 0 amide bonds. The van der Waals surface area contributed by atoms with Crippen molar-refractivity contribution in [3.63, 3.8) is 0 Å². The lowest BCUT2D eigenvalue weighted by atomic mass is 9.41. The van der Waals surface area contributed by atoms with Crippen LogP contribution in [-0.4, -0.2) is 13.7 Å². The van der Waals surface area contributed by atoms with Crippen LogP contribution in [0, 0.1) is 23.7 Å². The van der Waals surface area contributed by atoms with E-state index >= 15 is 0 Å². The van der Waals surface area contributed by atoms with E-state index < -0.39 is 0 Å². The predicted octanol–water partition coefficient (Wildman–Crippen LogP) is 13.0. The van der Waals surface area contributed by atoms with E-state index in [2.05, 4.69) is 165 Å². The molecular weight excluding hydrogens is 667 g/mol. The lowest BCUT2D eigenvalue weighted by Gasteiger charge is -2.63. The second-order valence-electron chi connectivity index (χ2n) is 17.4. The highest BCUT2D eigenvalue weighted by molar-refractivity contribution is 6.15. The van der Waals surface area contributed by atoms with Crippen LogP contribution in [0.5, 0.6) is 0 Å². The van der Waals surface area contributed by atoms with Gasteiger partial charge in [0.15, 0.2) is 0 Å². The first-order chi connectivity index (χ1) is 27.3. The molecule has 0 saturated heterocycles. The molecule has 0 atom stereocenters. The van der Waals surface area contributed by atoms with Crippen molar-refractivity contribution in [1.82, 2.24) is 13.7 Å². The highest BCUT2D eigenvalue weighted by atomic mass is 15.0. The topological polar surface area (TPSA) is 14.8 Å². The molecule has 15 rings (SSSR count). The molecule has 5 aliphatic rings. The van der Waals surface area contributed by atoms with Crippen molar-refractivity contribution in [3.05, 3.63) is 163 Å². The first-order valence-electron chi connectivity index (χ1n) is 20.5. The molecule has 4 fully saturated rings. The van der Waals surface area contributed by atoms with Crippen LogP contribution < -0.4 is 0 Å². The highest BCUT2D eigenvalue weighted by Crippen LogP contribution is 2.68. The molecular formula is C52H39N3. The van der Waals surface area contributed by atoms with E-state index in [-0.39, 0.29) is 5.41 Å². The fourth-order valence-electron chi connectivity index (χ4n) is 13.3. The first-order valence-corrected chi connectivity index (χ1v) is 20.5. The van der Waals surface area contributed by atoms with Crippen molar-refractivity contribution in [2.45, 2.75) is 37.5 Å². The van der Waals surface area contributed by atoms with Crippen molar-refractivity contribution in [1.29, 1.82) is 0 Å². The van der Waals surface area contributed by atoms with Crippen LogP contribution in [0.2, 0.25) is 0 Å². The Morgan fingerprint density at radius 2 is 0.836 bits per heavy atom. The molecule has 7 aromatic carbocycles. The zero-order chi connectivity index (χ0) is 35.6. The van der Waals surface area contributed by atoms with Crippen LogP contribution in [-0.2, 0) is 5.41 Å². The van der Waals surface area contributed by atoms with Crippen LogP contribution in [0.3, 0.4) is 0 Å². The summed E-state index contributed by atoms with van der Waals surface area (Å²) in [6.07, 6.45) is 6.90. The molecule has 0 unspecified atom stereocenters. The molecule has 4 saturated carbocycles. The monoisotopic (exact) mass is 705 g/mol. The Kier molecular flexibility index (Phi) is 5.42. The summed E-state index contributed by atoms with van der Waals surface area (Å²) >= 11 is 0. The summed E-state index contributed by atoms with van der Waals surface area (Å²) in [7, 11) is 0. The van der Waals surface area contributed by atoms with Gasteiger partial charge in [0.2, 0.25) is 0 Å². The Hall–Kier alpha value is -6.06. The SMILES string of the molecule is c1ccc2c(c1)-n1c3ccc(-n4c5ccccc5c5ccccc54)cc3c3cc(-n4c5ccccc5c5ccccc54)cc(c31)C21C2CC3CC(C2)CC1C3. The Morgan fingerprint density at radius 1 is 0.364 bits per heavy atom. The summed E-state index contributed by atoms with van der Waals surface area (Å²) in [5.74, 6) is 3.11. The van der Waals surface area contributed by atoms with Crippen LogP contribution >= 0.6 is 0 Å². The van der Waals surface area contributed by atoms with Crippen molar-refractivity contribution >= 4 is 65.4 Å². The van der Waals surface area contributed by atoms with Gasteiger partial charge in [0.25, 0.3) is 0 Å². The van der Waals surface area contributed by atoms with E-state index in [1.54, 1.807) is 11.1 Å². The fourth-order valence-corrected chi connectivity index (χ4v) is 13.3. The standard InChI is InChI=1S/C52H39N3/c1-6-16-45-37(11-1)38-12-2-7-17-46(38)53(45)35-21-22-49-41(28-35)42-29-36(54-47-18-8-3-13-39(47)40-14-4-9-19-48(40)54)30-44-51(42)55(49)50-20-10-5-15-43(50)52(44)33-24-31-23-32(26-33)27-34(52)25-31/h1-22,28-34H,23-27H2. The Bertz CT molecular complexity index is 3160. The fraction of sp³-hybridized carbons (Fsp3) is 0.192. The van der Waals surface area contributed by atoms with Gasteiger partial charge in [-0.1, -0.05) is 91.0 Å². The maximum absolute atomic E-state index is 2.67. The number of hydrogen-bond acceptors (Lipinski definition) is 0. The Balaban J connectivity index is 1.16. The van der Waals surface area contributed by atoms with Gasteiger partial charge in [-0.05, 0) is 128 Å². The molecule has 10 aromatic rings. The van der Waals surface area contributed by atoms with Crippen molar-refractivity contribution in [2.75, 3.05) is 0 Å². The number of nitrogens with zero attached hydrogens (tertiary/aromatic N) is 3. The Labute approximate surface area is 319 Å². The number of rotatable bonds is 2. The largest absolute Gasteiger partial charge is 0.309 e. The number of aromatic nitrogens is 3. The maximum Gasteiger partial charge on any atom is 0.0584 e. The third-order valence-electron chi connectivity index (χ3n) is 15.0. The highest BCUT2D eigenvalue weighted by Gasteiger charge is 2.61. The molecule has 4 aliphatic carbocycles. The number of hydrogen-bond donors (Lipinski definition) is 0. The third kappa shape index (κ3) is 3.50. The van der Waals surface area contributed by atoms with Crippen LogP contribution in [0.1, 0.15) is 43.2 Å². The van der Waals surface area contributed by atoms with E-state index in [0.29, 0.717) is 11.8 Å². The molecule has 3 aromatic heterocycles. The van der Waals surface area contributed by atoms with Crippen LogP contribution in [0.25, 0.3) is 82.5 Å². The molecule has 4 bridgehead atoms. The van der Waals surface area contributed by atoms with Gasteiger partial charge in [-0.25, -0.2) is 0 Å². The maximum atomic E-state index is 2.67. The van der Waals surface area contributed by atoms with Crippen molar-refractivity contribution in [3.8, 4) is 17.1 Å². The van der Waals surface area contributed by atoms with Gasteiger partial charge >= 0.3 is 0 Å². The molecule has 1 spiro atoms. The summed E-state index contributed by atoms with van der Waals surface area (Å²) in [5.41, 5.74) is 14.8. The quantitative estimate of drug-likeness (QED) is 0.170. The second-order valence-corrected chi connectivity index (χ2v) is 17.4. The summed E-state index contributed by atoms with van der Waals surface area (Å²) in [5, 5.41) is 7.93. The van der Waals surface area contributed by atoms with Gasteiger partial charge in [0.1, 0.15) is 0 Å². The van der Waals surface area contributed by atoms with E-state index in [1.165, 1.54) is 115 Å². The molecule has 1 aliphatic heterocycles. The number of para-hydroxylation sites is 5. The molecule has 262 valence electrons. The van der Waals surface area contributed by atoms with Crippen molar-refractivity contribution in [2.24, 2.45) is 23.7 Å². The van der Waals surface area contributed by atoms with Gasteiger partial charge in [0, 0.05) is 49.1 Å². The van der Waals surface area contributed by atoms with Crippen LogP contribution in [0.15, 0.2) is 152 Å². The Morgan fingerprint density at radius 3 is 1.42 bits per heavy atom. The average Bonchev–Trinajstić information content (AvgIpc) is 3.86. The van der Waals surface area contributed by atoms with Crippen LogP contribution in [0.4, 0.5) is 0 Å². The van der Waals surface area contributed by atoms with Gasteiger partial charge in [-0.2, -0.15) is 0 Å². The second kappa shape index (κ2) is 10.2. The van der Waals surface area contributed by atoms with E-state index in [4.69, 9.17) is 0 Å². The van der Waals surface area contributed by atoms with Gasteiger partial charge < -0.3 is 13.7 Å². The van der Waals surface area contributed by atoms with Gasteiger partial charge in [-0.3, -0.25) is 0 Å². The predicted molar refractivity (Wildman–Crippen MR) is 227 cm³/mol. The number of benzene rings is 7. The third-order valence-corrected chi connectivity index (χ3v) is 15.0. The lowest BCUT2D eigenvalue weighted by Crippen LogP contribution is -2.57. The first kappa shape index (κ1) is 29.3. The minimum absolute atomic E-state index is 0.0110. The number of fused-ring (bicyclic) bond motifs is 11. The average molecular weight is 706 g/mol. The summed E-state index contributed by atoms with van der Waals surface area (Å²) in [6, 6.07) is 57.9. The molecule has 3 heteroatoms.